The molecular weight excluding hydrogens is 364 g/mol. The maximum absolute atomic E-state index is 12.1. The molecule has 11 heteroatoms. The lowest BCUT2D eigenvalue weighted by Crippen LogP contribution is -2.56. The highest BCUT2D eigenvalue weighted by Crippen LogP contribution is 2.02. The molecule has 0 rings (SSSR count). The van der Waals surface area contributed by atoms with Crippen LogP contribution in [0.3, 0.4) is 0 Å². The molecule has 5 unspecified atom stereocenters. The first-order valence-corrected chi connectivity index (χ1v) is 9.47. The molecule has 0 aliphatic carbocycles. The van der Waals surface area contributed by atoms with Gasteiger partial charge in [0.25, 0.3) is 0 Å². The summed E-state index contributed by atoms with van der Waals surface area (Å²) >= 11 is 1.45. The van der Waals surface area contributed by atoms with Crippen LogP contribution in [0.25, 0.3) is 0 Å². The number of hydrogen-bond donors (Lipinski definition) is 6. The minimum absolute atomic E-state index is 0.257. The first kappa shape index (κ1) is 24.1. The molecule has 0 fully saturated rings. The van der Waals surface area contributed by atoms with Gasteiger partial charge >= 0.3 is 5.97 Å². The van der Waals surface area contributed by atoms with Crippen LogP contribution in [0.1, 0.15) is 27.2 Å². The van der Waals surface area contributed by atoms with Crippen molar-refractivity contribution in [2.45, 2.75) is 57.5 Å². The second kappa shape index (κ2) is 11.7. The van der Waals surface area contributed by atoms with E-state index in [1.807, 2.05) is 6.26 Å². The fraction of sp³-hybridized carbons (Fsp3) is 0.733. The minimum atomic E-state index is -1.18. The zero-order valence-electron chi connectivity index (χ0n) is 15.3. The van der Waals surface area contributed by atoms with Crippen molar-refractivity contribution < 1.29 is 29.4 Å². The topological polar surface area (TPSA) is 171 Å². The van der Waals surface area contributed by atoms with E-state index in [9.17, 15) is 24.3 Å². The van der Waals surface area contributed by atoms with E-state index in [1.54, 1.807) is 0 Å². The van der Waals surface area contributed by atoms with Gasteiger partial charge in [-0.1, -0.05) is 0 Å². The second-order valence-corrected chi connectivity index (χ2v) is 6.89. The lowest BCUT2D eigenvalue weighted by atomic mass is 10.1. The van der Waals surface area contributed by atoms with Gasteiger partial charge in [-0.05, 0) is 39.2 Å². The minimum Gasteiger partial charge on any atom is -0.480 e. The number of aliphatic hydroxyl groups excluding tert-OH is 1. The summed E-state index contributed by atoms with van der Waals surface area (Å²) in [6.07, 6.45) is 0.999. The molecule has 10 nitrogen and oxygen atoms in total. The summed E-state index contributed by atoms with van der Waals surface area (Å²) in [6.45, 7) is 4.14. The Morgan fingerprint density at radius 3 is 1.85 bits per heavy atom. The number of nitrogens with one attached hydrogen (secondary N) is 3. The van der Waals surface area contributed by atoms with Crippen LogP contribution in [0.5, 0.6) is 0 Å². The van der Waals surface area contributed by atoms with Crippen LogP contribution in [-0.2, 0) is 19.2 Å². The number of aliphatic hydroxyl groups is 1. The van der Waals surface area contributed by atoms with Crippen LogP contribution in [0, 0.1) is 0 Å². The maximum Gasteiger partial charge on any atom is 0.326 e. The average molecular weight is 392 g/mol. The van der Waals surface area contributed by atoms with Crippen LogP contribution < -0.4 is 21.7 Å². The second-order valence-electron chi connectivity index (χ2n) is 5.91. The molecule has 150 valence electrons. The van der Waals surface area contributed by atoms with Crippen molar-refractivity contribution in [3.05, 3.63) is 0 Å². The third-order valence-corrected chi connectivity index (χ3v) is 4.20. The molecule has 0 aliphatic heterocycles. The molecule has 26 heavy (non-hydrogen) atoms. The van der Waals surface area contributed by atoms with E-state index in [-0.39, 0.29) is 6.42 Å². The number of hydrogen-bond acceptors (Lipinski definition) is 7. The van der Waals surface area contributed by atoms with Gasteiger partial charge in [0, 0.05) is 0 Å². The largest absolute Gasteiger partial charge is 0.480 e. The molecule has 0 spiro atoms. The Bertz CT molecular complexity index is 516. The predicted molar refractivity (Wildman–Crippen MR) is 97.4 cm³/mol. The lowest BCUT2D eigenvalue weighted by molar-refractivity contribution is -0.142. The highest BCUT2D eigenvalue weighted by atomic mass is 32.2. The fourth-order valence-electron chi connectivity index (χ4n) is 1.79. The molecule has 5 atom stereocenters. The van der Waals surface area contributed by atoms with E-state index in [0.29, 0.717) is 5.75 Å². The Hall–Kier alpha value is -1.85. The third-order valence-electron chi connectivity index (χ3n) is 3.55. The lowest BCUT2D eigenvalue weighted by Gasteiger charge is -2.22. The summed E-state index contributed by atoms with van der Waals surface area (Å²) < 4.78 is 0. The van der Waals surface area contributed by atoms with Crippen molar-refractivity contribution in [3.8, 4) is 0 Å². The van der Waals surface area contributed by atoms with Crippen LogP contribution in [0.2, 0.25) is 0 Å². The third kappa shape index (κ3) is 8.50. The van der Waals surface area contributed by atoms with Crippen molar-refractivity contribution >= 4 is 35.5 Å². The summed E-state index contributed by atoms with van der Waals surface area (Å²) in [5.41, 5.74) is 5.47. The number of carbonyl (C=O) groups is 4. The van der Waals surface area contributed by atoms with Gasteiger partial charge in [-0.15, -0.1) is 0 Å². The van der Waals surface area contributed by atoms with Gasteiger partial charge < -0.3 is 31.9 Å². The first-order chi connectivity index (χ1) is 12.0. The van der Waals surface area contributed by atoms with E-state index in [1.165, 1.54) is 32.5 Å². The molecule has 0 saturated heterocycles. The summed E-state index contributed by atoms with van der Waals surface area (Å²) in [6, 6.07) is -4.22. The van der Waals surface area contributed by atoms with Gasteiger partial charge in [0.1, 0.15) is 24.2 Å². The number of carboxylic acid groups (broad SMARTS) is 1. The average Bonchev–Trinajstić information content (AvgIpc) is 2.56. The molecule has 0 aromatic carbocycles. The van der Waals surface area contributed by atoms with Gasteiger partial charge in [0.2, 0.25) is 17.7 Å². The summed E-state index contributed by atoms with van der Waals surface area (Å²) in [5.74, 6) is -2.59. The molecule has 0 saturated carbocycles. The quantitative estimate of drug-likeness (QED) is 0.235. The van der Waals surface area contributed by atoms with Crippen LogP contribution in [0.4, 0.5) is 0 Å². The Kier molecular flexibility index (Phi) is 10.9. The molecule has 0 aliphatic rings. The maximum atomic E-state index is 12.1. The Labute approximate surface area is 156 Å². The smallest absolute Gasteiger partial charge is 0.326 e. The number of thioether (sulfide) groups is 1. The molecule has 0 aromatic rings. The highest BCUT2D eigenvalue weighted by Gasteiger charge is 2.27. The monoisotopic (exact) mass is 392 g/mol. The molecule has 0 heterocycles. The molecule has 0 bridgehead atoms. The number of carboxylic acids is 1. The summed E-state index contributed by atoms with van der Waals surface area (Å²) in [4.78, 5) is 47.0. The summed E-state index contributed by atoms with van der Waals surface area (Å²) in [5, 5.41) is 25.4. The van der Waals surface area contributed by atoms with Gasteiger partial charge in [0.05, 0.1) is 6.10 Å². The number of carbonyl (C=O) groups excluding carboxylic acids is 3. The molecule has 0 radical (unpaired) electrons. The molecule has 7 N–H and O–H groups in total. The Morgan fingerprint density at radius 2 is 1.42 bits per heavy atom. The van der Waals surface area contributed by atoms with Gasteiger partial charge in [-0.2, -0.15) is 11.8 Å². The van der Waals surface area contributed by atoms with E-state index in [4.69, 9.17) is 10.8 Å². The zero-order chi connectivity index (χ0) is 20.4. The van der Waals surface area contributed by atoms with E-state index >= 15 is 0 Å². The van der Waals surface area contributed by atoms with Crippen molar-refractivity contribution in [2.24, 2.45) is 5.73 Å². The van der Waals surface area contributed by atoms with Gasteiger partial charge in [-0.3, -0.25) is 14.4 Å². The van der Waals surface area contributed by atoms with E-state index < -0.39 is 54.0 Å². The number of amides is 3. The van der Waals surface area contributed by atoms with Gasteiger partial charge in [0.15, 0.2) is 0 Å². The first-order valence-electron chi connectivity index (χ1n) is 8.07. The molecule has 3 amide bonds. The molecular formula is C15H28N4O6S. The SMILES string of the molecule is CSCCC(NC(=O)C(C)NC(=O)C(C)NC(=O)C(N)C(C)O)C(=O)O. The Balaban J connectivity index is 4.61. The van der Waals surface area contributed by atoms with E-state index in [0.717, 1.165) is 0 Å². The summed E-state index contributed by atoms with van der Waals surface area (Å²) in [7, 11) is 0. The number of nitrogens with two attached hydrogens (primary N) is 1. The molecule has 0 aromatic heterocycles. The zero-order valence-corrected chi connectivity index (χ0v) is 16.1. The van der Waals surface area contributed by atoms with Crippen LogP contribution in [-0.4, -0.2) is 76.2 Å². The van der Waals surface area contributed by atoms with Crippen molar-refractivity contribution in [3.63, 3.8) is 0 Å². The van der Waals surface area contributed by atoms with Crippen molar-refractivity contribution in [2.75, 3.05) is 12.0 Å². The predicted octanol–water partition coefficient (Wildman–Crippen LogP) is -1.97. The fourth-order valence-corrected chi connectivity index (χ4v) is 2.26. The van der Waals surface area contributed by atoms with Gasteiger partial charge in [-0.25, -0.2) is 4.79 Å². The Morgan fingerprint density at radius 1 is 0.962 bits per heavy atom. The van der Waals surface area contributed by atoms with Crippen LogP contribution in [0.15, 0.2) is 0 Å². The normalized spacial score (nSPS) is 16.5. The van der Waals surface area contributed by atoms with Crippen molar-refractivity contribution in [1.29, 1.82) is 0 Å². The number of rotatable bonds is 11. The van der Waals surface area contributed by atoms with Crippen LogP contribution >= 0.6 is 11.8 Å². The number of aliphatic carboxylic acids is 1. The van der Waals surface area contributed by atoms with E-state index in [2.05, 4.69) is 16.0 Å². The van der Waals surface area contributed by atoms with Crippen molar-refractivity contribution in [1.82, 2.24) is 16.0 Å². The highest BCUT2D eigenvalue weighted by molar-refractivity contribution is 7.98. The standard InChI is InChI=1S/C15H28N4O6S/c1-7(18-14(23)11(16)9(3)20)12(21)17-8(2)13(22)19-10(15(24)25)5-6-26-4/h7-11,20H,5-6,16H2,1-4H3,(H,17,21)(H,18,23)(H,19,22)(H,24,25).